The van der Waals surface area contributed by atoms with Crippen LogP contribution in [0.3, 0.4) is 0 Å². The summed E-state index contributed by atoms with van der Waals surface area (Å²) in [6.45, 7) is 6.96. The second-order valence-corrected chi connectivity index (χ2v) is 6.84. The number of ether oxygens (including phenoxy) is 2. The number of methoxy groups -OCH3 is 1. The number of amides is 1. The predicted molar refractivity (Wildman–Crippen MR) is 83.2 cm³/mol. The normalized spacial score (nSPS) is 18.4. The summed E-state index contributed by atoms with van der Waals surface area (Å²) in [6, 6.07) is 0. The van der Waals surface area contributed by atoms with E-state index in [0.29, 0.717) is 42.2 Å². The fraction of sp³-hybridized carbons (Fsp3) is 0.667. The van der Waals surface area contributed by atoms with Crippen LogP contribution in [0.15, 0.2) is 6.20 Å². The maximum Gasteiger partial charge on any atom is 0.410 e. The highest BCUT2D eigenvalue weighted by Gasteiger charge is 2.30. The van der Waals surface area contributed by atoms with Gasteiger partial charge >= 0.3 is 6.09 Å². The number of hydrogen-bond acceptors (Lipinski definition) is 5. The molecular weight excluding hydrogens is 306 g/mol. The molecular formula is C15H22ClN3O3. The molecule has 2 heterocycles. The summed E-state index contributed by atoms with van der Waals surface area (Å²) in [4.78, 5) is 22.3. The van der Waals surface area contributed by atoms with E-state index in [-0.39, 0.29) is 6.09 Å². The summed E-state index contributed by atoms with van der Waals surface area (Å²) < 4.78 is 10.5. The molecule has 6 nitrogen and oxygen atoms in total. The highest BCUT2D eigenvalue weighted by molar-refractivity contribution is 6.31. The third-order valence-corrected chi connectivity index (χ3v) is 3.62. The van der Waals surface area contributed by atoms with E-state index in [9.17, 15) is 4.79 Å². The van der Waals surface area contributed by atoms with E-state index in [1.807, 2.05) is 20.8 Å². The van der Waals surface area contributed by atoms with Gasteiger partial charge in [-0.2, -0.15) is 4.98 Å². The molecule has 1 aromatic heterocycles. The quantitative estimate of drug-likeness (QED) is 0.854. The van der Waals surface area contributed by atoms with Crippen molar-refractivity contribution in [1.82, 2.24) is 14.9 Å². The van der Waals surface area contributed by atoms with E-state index in [0.717, 1.165) is 6.42 Å². The maximum atomic E-state index is 12.0. The second kappa shape index (κ2) is 6.69. The van der Waals surface area contributed by atoms with Gasteiger partial charge in [-0.25, -0.2) is 9.78 Å². The Hall–Kier alpha value is -1.56. The fourth-order valence-corrected chi connectivity index (χ4v) is 2.55. The molecule has 1 aliphatic heterocycles. The molecule has 0 N–H and O–H groups in total. The van der Waals surface area contributed by atoms with E-state index in [2.05, 4.69) is 9.97 Å². The van der Waals surface area contributed by atoms with Crippen LogP contribution in [0.1, 0.15) is 33.0 Å². The molecule has 1 amide bonds. The van der Waals surface area contributed by atoms with Gasteiger partial charge in [0, 0.05) is 19.5 Å². The summed E-state index contributed by atoms with van der Waals surface area (Å²) in [5.41, 5.74) is -0.470. The van der Waals surface area contributed by atoms with Crippen molar-refractivity contribution in [3.05, 3.63) is 17.0 Å². The van der Waals surface area contributed by atoms with Crippen LogP contribution in [0.5, 0.6) is 5.88 Å². The number of halogens is 1. The Morgan fingerprint density at radius 1 is 1.50 bits per heavy atom. The average Bonchev–Trinajstić information content (AvgIpc) is 2.87. The predicted octanol–water partition coefficient (Wildman–Crippen LogP) is 2.94. The molecule has 2 rings (SSSR count). The summed E-state index contributed by atoms with van der Waals surface area (Å²) in [5.74, 6) is 1.38. The standard InChI is InChI=1S/C15H22ClN3O3/c1-15(2,3)22-14(20)19-6-5-10(9-19)7-12-17-8-11(16)13(18-12)21-4/h8,10H,5-7,9H2,1-4H3/t10-/m0/s1. The van der Waals surface area contributed by atoms with Crippen molar-refractivity contribution in [2.45, 2.75) is 39.2 Å². The van der Waals surface area contributed by atoms with Crippen LogP contribution in [0, 0.1) is 5.92 Å². The molecule has 0 spiro atoms. The van der Waals surface area contributed by atoms with Crippen LogP contribution in [-0.2, 0) is 11.2 Å². The Kier molecular flexibility index (Phi) is 5.11. The summed E-state index contributed by atoms with van der Waals surface area (Å²) in [6.07, 6.45) is 2.88. The van der Waals surface area contributed by atoms with E-state index in [1.165, 1.54) is 7.11 Å². The van der Waals surface area contributed by atoms with Gasteiger partial charge in [0.15, 0.2) is 0 Å². The maximum absolute atomic E-state index is 12.0. The van der Waals surface area contributed by atoms with Crippen molar-refractivity contribution in [1.29, 1.82) is 0 Å². The zero-order chi connectivity index (χ0) is 16.3. The number of hydrogen-bond donors (Lipinski definition) is 0. The van der Waals surface area contributed by atoms with Crippen LogP contribution in [-0.4, -0.2) is 46.8 Å². The van der Waals surface area contributed by atoms with E-state index in [4.69, 9.17) is 21.1 Å². The van der Waals surface area contributed by atoms with Crippen LogP contribution < -0.4 is 4.74 Å². The largest absolute Gasteiger partial charge is 0.480 e. The lowest BCUT2D eigenvalue weighted by Gasteiger charge is -2.24. The monoisotopic (exact) mass is 327 g/mol. The Morgan fingerprint density at radius 2 is 2.23 bits per heavy atom. The Morgan fingerprint density at radius 3 is 2.86 bits per heavy atom. The molecule has 122 valence electrons. The highest BCUT2D eigenvalue weighted by Crippen LogP contribution is 2.24. The summed E-state index contributed by atoms with van der Waals surface area (Å²) in [7, 11) is 1.53. The molecule has 0 radical (unpaired) electrons. The number of likely N-dealkylation sites (tertiary alicyclic amines) is 1. The van der Waals surface area contributed by atoms with Gasteiger partial charge < -0.3 is 14.4 Å². The van der Waals surface area contributed by atoms with Gasteiger partial charge in [0.2, 0.25) is 5.88 Å². The minimum Gasteiger partial charge on any atom is -0.480 e. The Bertz CT molecular complexity index is 545. The van der Waals surface area contributed by atoms with Gasteiger partial charge in [0.25, 0.3) is 0 Å². The number of nitrogens with zero attached hydrogens (tertiary/aromatic N) is 3. The first-order valence-corrected chi connectivity index (χ1v) is 7.69. The molecule has 22 heavy (non-hydrogen) atoms. The number of rotatable bonds is 3. The van der Waals surface area contributed by atoms with Crippen molar-refractivity contribution in [3.8, 4) is 5.88 Å². The lowest BCUT2D eigenvalue weighted by Crippen LogP contribution is -2.35. The van der Waals surface area contributed by atoms with Crippen molar-refractivity contribution in [2.75, 3.05) is 20.2 Å². The van der Waals surface area contributed by atoms with Gasteiger partial charge in [-0.1, -0.05) is 11.6 Å². The van der Waals surface area contributed by atoms with Gasteiger partial charge in [0.1, 0.15) is 16.4 Å². The number of carbonyl (C=O) groups is 1. The fourth-order valence-electron chi connectivity index (χ4n) is 2.38. The average molecular weight is 328 g/mol. The molecule has 1 fully saturated rings. The van der Waals surface area contributed by atoms with Crippen LogP contribution >= 0.6 is 11.6 Å². The number of aromatic nitrogens is 2. The molecule has 1 saturated heterocycles. The molecule has 0 aliphatic carbocycles. The molecule has 0 saturated carbocycles. The molecule has 1 aromatic rings. The zero-order valence-corrected chi connectivity index (χ0v) is 14.2. The highest BCUT2D eigenvalue weighted by atomic mass is 35.5. The molecule has 0 bridgehead atoms. The van der Waals surface area contributed by atoms with E-state index >= 15 is 0 Å². The van der Waals surface area contributed by atoms with E-state index in [1.54, 1.807) is 11.1 Å². The summed E-state index contributed by atoms with van der Waals surface area (Å²) >= 11 is 5.92. The second-order valence-electron chi connectivity index (χ2n) is 6.43. The van der Waals surface area contributed by atoms with Gasteiger partial charge in [0.05, 0.1) is 13.3 Å². The summed E-state index contributed by atoms with van der Waals surface area (Å²) in [5, 5.41) is 0.396. The third kappa shape index (κ3) is 4.47. The van der Waals surface area contributed by atoms with Crippen molar-refractivity contribution in [2.24, 2.45) is 5.92 Å². The van der Waals surface area contributed by atoms with Gasteiger partial charge in [-0.05, 0) is 33.1 Å². The van der Waals surface area contributed by atoms with Crippen LogP contribution in [0.25, 0.3) is 0 Å². The topological polar surface area (TPSA) is 64.5 Å². The van der Waals surface area contributed by atoms with E-state index < -0.39 is 5.60 Å². The first-order valence-electron chi connectivity index (χ1n) is 7.32. The lowest BCUT2D eigenvalue weighted by molar-refractivity contribution is 0.0288. The van der Waals surface area contributed by atoms with Gasteiger partial charge in [-0.3, -0.25) is 0 Å². The molecule has 0 aromatic carbocycles. The van der Waals surface area contributed by atoms with Crippen molar-refractivity contribution < 1.29 is 14.3 Å². The van der Waals surface area contributed by atoms with Crippen LogP contribution in [0.4, 0.5) is 4.79 Å². The smallest absolute Gasteiger partial charge is 0.410 e. The molecule has 0 unspecified atom stereocenters. The lowest BCUT2D eigenvalue weighted by atomic mass is 10.0. The Balaban J connectivity index is 1.92. The molecule has 1 atom stereocenters. The third-order valence-electron chi connectivity index (χ3n) is 3.36. The molecule has 7 heteroatoms. The van der Waals surface area contributed by atoms with Gasteiger partial charge in [-0.15, -0.1) is 0 Å². The zero-order valence-electron chi connectivity index (χ0n) is 13.4. The number of carbonyl (C=O) groups excluding carboxylic acids is 1. The SMILES string of the molecule is COc1nc(C[C@@H]2CCN(C(=O)OC(C)(C)C)C2)ncc1Cl. The first-order chi connectivity index (χ1) is 10.3. The first kappa shape index (κ1) is 16.8. The minimum absolute atomic E-state index is 0.260. The van der Waals surface area contributed by atoms with Crippen molar-refractivity contribution >= 4 is 17.7 Å². The molecule has 1 aliphatic rings. The minimum atomic E-state index is -0.470. The van der Waals surface area contributed by atoms with Crippen LogP contribution in [0.2, 0.25) is 5.02 Å². The van der Waals surface area contributed by atoms with Crippen molar-refractivity contribution in [3.63, 3.8) is 0 Å². The Labute approximate surface area is 135 Å².